The van der Waals surface area contributed by atoms with E-state index in [4.69, 9.17) is 5.11 Å². The van der Waals surface area contributed by atoms with E-state index in [9.17, 15) is 22.8 Å². The van der Waals surface area contributed by atoms with Crippen molar-refractivity contribution in [3.05, 3.63) is 35.1 Å². The Kier molecular flexibility index (Phi) is 4.87. The van der Waals surface area contributed by atoms with Crippen LogP contribution in [0.2, 0.25) is 0 Å². The van der Waals surface area contributed by atoms with E-state index < -0.39 is 40.9 Å². The zero-order valence-electron chi connectivity index (χ0n) is 9.75. The quantitative estimate of drug-likeness (QED) is 0.785. The fourth-order valence-electron chi connectivity index (χ4n) is 1.28. The summed E-state index contributed by atoms with van der Waals surface area (Å²) in [5.41, 5.74) is -0.791. The second-order valence-electron chi connectivity index (χ2n) is 3.54. The Balaban J connectivity index is 2.95. The smallest absolute Gasteiger partial charge is 0.328 e. The first-order valence-electron chi connectivity index (χ1n) is 5.04. The highest BCUT2D eigenvalue weighted by Gasteiger charge is 2.24. The van der Waals surface area contributed by atoms with Crippen molar-refractivity contribution in [3.63, 3.8) is 0 Å². The molecule has 0 radical (unpaired) electrons. The Labute approximate surface area is 106 Å². The van der Waals surface area contributed by atoms with Gasteiger partial charge in [-0.1, -0.05) is 0 Å². The summed E-state index contributed by atoms with van der Waals surface area (Å²) < 4.78 is 43.4. The van der Waals surface area contributed by atoms with Crippen LogP contribution >= 0.6 is 0 Å². The van der Waals surface area contributed by atoms with E-state index in [1.165, 1.54) is 7.11 Å². The van der Waals surface area contributed by atoms with Gasteiger partial charge in [-0.25, -0.2) is 18.0 Å². The molecule has 0 fully saturated rings. The van der Waals surface area contributed by atoms with Gasteiger partial charge in [0.2, 0.25) is 0 Å². The number of ether oxygens (including phenoxy) is 1. The largest absolute Gasteiger partial charge is 0.480 e. The van der Waals surface area contributed by atoms with Crippen molar-refractivity contribution < 1.29 is 32.6 Å². The van der Waals surface area contributed by atoms with Crippen LogP contribution in [0.15, 0.2) is 12.1 Å². The van der Waals surface area contributed by atoms with Crippen LogP contribution in [-0.2, 0) is 9.53 Å². The summed E-state index contributed by atoms with van der Waals surface area (Å²) in [6, 6.07) is -0.140. The molecule has 0 saturated carbocycles. The number of hydrogen-bond donors (Lipinski definition) is 2. The molecule has 104 valence electrons. The lowest BCUT2D eigenvalue weighted by Crippen LogP contribution is -2.44. The zero-order valence-corrected chi connectivity index (χ0v) is 9.75. The van der Waals surface area contributed by atoms with Crippen LogP contribution < -0.4 is 5.32 Å². The van der Waals surface area contributed by atoms with Gasteiger partial charge in [-0.3, -0.25) is 4.79 Å². The molecule has 1 unspecified atom stereocenters. The third-order valence-corrected chi connectivity index (χ3v) is 2.22. The molecule has 0 bridgehead atoms. The Morgan fingerprint density at radius 1 is 1.32 bits per heavy atom. The average molecular weight is 277 g/mol. The van der Waals surface area contributed by atoms with Crippen LogP contribution in [0.5, 0.6) is 0 Å². The van der Waals surface area contributed by atoms with E-state index in [-0.39, 0.29) is 6.61 Å². The number of rotatable bonds is 5. The minimum atomic E-state index is -1.80. The Bertz CT molecular complexity index is 507. The van der Waals surface area contributed by atoms with Crippen LogP contribution in [-0.4, -0.2) is 36.7 Å². The molecule has 0 aliphatic carbocycles. The highest BCUT2D eigenvalue weighted by Crippen LogP contribution is 2.15. The number of carbonyl (C=O) groups excluding carboxylic acids is 1. The topological polar surface area (TPSA) is 75.6 Å². The molecule has 8 heteroatoms. The second-order valence-corrected chi connectivity index (χ2v) is 3.54. The lowest BCUT2D eigenvalue weighted by atomic mass is 10.1. The van der Waals surface area contributed by atoms with Crippen molar-refractivity contribution in [2.24, 2.45) is 0 Å². The van der Waals surface area contributed by atoms with Gasteiger partial charge in [0.05, 0.1) is 12.2 Å². The van der Waals surface area contributed by atoms with Crippen molar-refractivity contribution in [2.45, 2.75) is 6.04 Å². The first-order chi connectivity index (χ1) is 8.88. The van der Waals surface area contributed by atoms with Gasteiger partial charge in [-0.05, 0) is 12.1 Å². The van der Waals surface area contributed by atoms with E-state index >= 15 is 0 Å². The second kappa shape index (κ2) is 6.19. The lowest BCUT2D eigenvalue weighted by molar-refractivity contribution is -0.140. The molecule has 0 aromatic heterocycles. The number of carboxylic acids is 1. The van der Waals surface area contributed by atoms with Gasteiger partial charge in [0.25, 0.3) is 5.91 Å². The van der Waals surface area contributed by atoms with Crippen molar-refractivity contribution in [3.8, 4) is 0 Å². The monoisotopic (exact) mass is 277 g/mol. The normalized spacial score (nSPS) is 12.0. The highest BCUT2D eigenvalue weighted by atomic mass is 19.2. The van der Waals surface area contributed by atoms with E-state index in [1.54, 1.807) is 0 Å². The van der Waals surface area contributed by atoms with Crippen molar-refractivity contribution >= 4 is 11.9 Å². The molecule has 1 amide bonds. The highest BCUT2D eigenvalue weighted by molar-refractivity contribution is 5.96. The molecular formula is C11H10F3NO4. The molecule has 1 aromatic rings. The minimum Gasteiger partial charge on any atom is -0.480 e. The van der Waals surface area contributed by atoms with E-state index in [2.05, 4.69) is 4.74 Å². The van der Waals surface area contributed by atoms with Crippen molar-refractivity contribution in [1.82, 2.24) is 5.32 Å². The molecule has 0 aliphatic heterocycles. The summed E-state index contributed by atoms with van der Waals surface area (Å²) in [5.74, 6) is -7.51. The van der Waals surface area contributed by atoms with Gasteiger partial charge in [0.1, 0.15) is 0 Å². The van der Waals surface area contributed by atoms with Gasteiger partial charge in [-0.15, -0.1) is 0 Å². The third-order valence-electron chi connectivity index (χ3n) is 2.22. The molecule has 1 aromatic carbocycles. The first-order valence-corrected chi connectivity index (χ1v) is 5.04. The first kappa shape index (κ1) is 15.0. The van der Waals surface area contributed by atoms with E-state index in [0.717, 1.165) is 6.07 Å². The predicted octanol–water partition coefficient (Wildman–Crippen LogP) is 0.933. The molecule has 19 heavy (non-hydrogen) atoms. The standard InChI is InChI=1S/C11H10F3NO4/c1-19-4-7(11(17)18)15-10(16)5-2-3-6(12)9(14)8(5)13/h2-3,7H,4H2,1H3,(H,15,16)(H,17,18). The fourth-order valence-corrected chi connectivity index (χ4v) is 1.28. The van der Waals surface area contributed by atoms with Gasteiger partial charge in [-0.2, -0.15) is 0 Å². The molecule has 1 rings (SSSR count). The summed E-state index contributed by atoms with van der Waals surface area (Å²) in [6.45, 7) is -0.355. The summed E-state index contributed by atoms with van der Waals surface area (Å²) in [4.78, 5) is 22.3. The van der Waals surface area contributed by atoms with Crippen molar-refractivity contribution in [1.29, 1.82) is 0 Å². The maximum absolute atomic E-state index is 13.3. The number of hydrogen-bond acceptors (Lipinski definition) is 3. The number of halogens is 3. The van der Waals surface area contributed by atoms with Gasteiger partial charge < -0.3 is 15.2 Å². The molecule has 2 N–H and O–H groups in total. The van der Waals surface area contributed by atoms with Gasteiger partial charge in [0, 0.05) is 7.11 Å². The van der Waals surface area contributed by atoms with Gasteiger partial charge in [0.15, 0.2) is 23.5 Å². The van der Waals surface area contributed by atoms with Gasteiger partial charge >= 0.3 is 5.97 Å². The minimum absolute atomic E-state index is 0.355. The predicted molar refractivity (Wildman–Crippen MR) is 57.1 cm³/mol. The van der Waals surface area contributed by atoms with Crippen LogP contribution in [0.4, 0.5) is 13.2 Å². The maximum atomic E-state index is 13.3. The Morgan fingerprint density at radius 2 is 1.95 bits per heavy atom. The van der Waals surface area contributed by atoms with Crippen molar-refractivity contribution in [2.75, 3.05) is 13.7 Å². The maximum Gasteiger partial charge on any atom is 0.328 e. The lowest BCUT2D eigenvalue weighted by Gasteiger charge is -2.13. The molecule has 0 heterocycles. The Morgan fingerprint density at radius 3 is 2.47 bits per heavy atom. The Hall–Kier alpha value is -2.09. The number of carboxylic acid groups (broad SMARTS) is 1. The third kappa shape index (κ3) is 3.44. The van der Waals surface area contributed by atoms with E-state index in [1.807, 2.05) is 5.32 Å². The molecule has 0 spiro atoms. The number of carbonyl (C=O) groups is 2. The average Bonchev–Trinajstić information content (AvgIpc) is 2.35. The molecule has 0 saturated heterocycles. The number of amides is 1. The number of benzene rings is 1. The number of methoxy groups -OCH3 is 1. The van der Waals surface area contributed by atoms with E-state index in [0.29, 0.717) is 6.07 Å². The summed E-state index contributed by atoms with van der Waals surface area (Å²) in [6.07, 6.45) is 0. The molecule has 5 nitrogen and oxygen atoms in total. The molecule has 0 aliphatic rings. The number of nitrogens with one attached hydrogen (secondary N) is 1. The van der Waals surface area contributed by atoms with Crippen LogP contribution in [0.3, 0.4) is 0 Å². The molecular weight excluding hydrogens is 267 g/mol. The summed E-state index contributed by atoms with van der Waals surface area (Å²) in [5, 5.41) is 10.7. The number of aliphatic carboxylic acids is 1. The van der Waals surface area contributed by atoms with Crippen LogP contribution in [0.25, 0.3) is 0 Å². The summed E-state index contributed by atoms with van der Waals surface area (Å²) >= 11 is 0. The molecule has 1 atom stereocenters. The SMILES string of the molecule is COCC(NC(=O)c1ccc(F)c(F)c1F)C(=O)O. The van der Waals surface area contributed by atoms with Crippen LogP contribution in [0, 0.1) is 17.5 Å². The fraction of sp³-hybridized carbons (Fsp3) is 0.273. The van der Waals surface area contributed by atoms with Crippen LogP contribution in [0.1, 0.15) is 10.4 Å². The summed E-state index contributed by atoms with van der Waals surface area (Å²) in [7, 11) is 1.21. The zero-order chi connectivity index (χ0) is 14.6.